The van der Waals surface area contributed by atoms with Gasteiger partial charge in [0.2, 0.25) is 0 Å². The predicted molar refractivity (Wildman–Crippen MR) is 146 cm³/mol. The second-order valence-corrected chi connectivity index (χ2v) is 9.59. The molecule has 0 fully saturated rings. The Bertz CT molecular complexity index is 1770. The first-order chi connectivity index (χ1) is 19.3. The summed E-state index contributed by atoms with van der Waals surface area (Å²) in [6, 6.07) is 16.9. The van der Waals surface area contributed by atoms with Crippen molar-refractivity contribution < 1.29 is 23.4 Å². The molecule has 202 valence electrons. The van der Waals surface area contributed by atoms with Gasteiger partial charge in [-0.25, -0.2) is 13.8 Å². The quantitative estimate of drug-likeness (QED) is 0.183. The van der Waals surface area contributed by atoms with Gasteiger partial charge in [0, 0.05) is 41.3 Å². The summed E-state index contributed by atoms with van der Waals surface area (Å²) in [7, 11) is 0. The number of carboxylic acid groups (broad SMARTS) is 1. The van der Waals surface area contributed by atoms with E-state index in [4.69, 9.17) is 9.84 Å². The first kappa shape index (κ1) is 26.6. The van der Waals surface area contributed by atoms with Gasteiger partial charge in [-0.15, -0.1) is 0 Å². The zero-order valence-corrected chi connectivity index (χ0v) is 21.9. The van der Waals surface area contributed by atoms with Crippen LogP contribution in [0, 0.1) is 29.9 Å². The number of nitrogens with zero attached hydrogens (tertiary/aromatic N) is 2. The molecule has 5 aromatic rings. The van der Waals surface area contributed by atoms with Crippen LogP contribution in [-0.4, -0.2) is 26.0 Å². The van der Waals surface area contributed by atoms with Crippen LogP contribution < -0.4 is 4.74 Å². The number of hydrogen-bond acceptors (Lipinski definition) is 4. The maximum Gasteiger partial charge on any atom is 0.303 e. The molecule has 0 amide bonds. The Labute approximate surface area is 229 Å². The van der Waals surface area contributed by atoms with E-state index in [-0.39, 0.29) is 29.3 Å². The molecule has 3 aromatic carbocycles. The van der Waals surface area contributed by atoms with Crippen LogP contribution in [0.5, 0.6) is 11.5 Å². The van der Waals surface area contributed by atoms with E-state index in [0.29, 0.717) is 35.2 Å². The number of aryl methyl sites for hydroxylation is 2. The molecule has 0 radical (unpaired) electrons. The summed E-state index contributed by atoms with van der Waals surface area (Å²) >= 11 is 0. The molecule has 0 spiro atoms. The summed E-state index contributed by atoms with van der Waals surface area (Å²) in [5, 5.41) is 20.2. The predicted octanol–water partition coefficient (Wildman–Crippen LogP) is 7.17. The number of benzene rings is 3. The Hall–Kier alpha value is -4.97. The number of nitrogens with one attached hydrogen (secondary N) is 2. The van der Waals surface area contributed by atoms with Crippen LogP contribution in [0.25, 0.3) is 22.3 Å². The molecule has 7 nitrogen and oxygen atoms in total. The Morgan fingerprint density at radius 1 is 1.12 bits per heavy atom. The van der Waals surface area contributed by atoms with Crippen LogP contribution in [0.4, 0.5) is 8.78 Å². The van der Waals surface area contributed by atoms with E-state index in [1.807, 2.05) is 25.1 Å². The molecule has 0 saturated carbocycles. The van der Waals surface area contributed by atoms with Crippen LogP contribution in [0.3, 0.4) is 0 Å². The molecule has 5 rings (SSSR count). The Kier molecular flexibility index (Phi) is 7.09. The molecule has 9 heteroatoms. The number of rotatable bonds is 9. The second-order valence-electron chi connectivity index (χ2n) is 9.59. The van der Waals surface area contributed by atoms with Crippen LogP contribution in [0.2, 0.25) is 0 Å². The highest BCUT2D eigenvalue weighted by Crippen LogP contribution is 2.38. The fourth-order valence-electron chi connectivity index (χ4n) is 4.97. The summed E-state index contributed by atoms with van der Waals surface area (Å²) < 4.78 is 35.7. The van der Waals surface area contributed by atoms with Crippen molar-refractivity contribution >= 4 is 16.9 Å². The van der Waals surface area contributed by atoms with Crippen LogP contribution in [-0.2, 0) is 16.6 Å². The van der Waals surface area contributed by atoms with Crippen LogP contribution >= 0.6 is 0 Å². The Morgan fingerprint density at radius 3 is 2.70 bits per heavy atom. The summed E-state index contributed by atoms with van der Waals surface area (Å²) in [5.74, 6) is -1.57. The lowest BCUT2D eigenvalue weighted by atomic mass is 9.76. The molecular formula is C31H26F2N4O3. The number of aromatic amines is 2. The molecule has 0 aliphatic heterocycles. The highest BCUT2D eigenvalue weighted by atomic mass is 19.1. The zero-order chi connectivity index (χ0) is 28.4. The lowest BCUT2D eigenvalue weighted by Crippen LogP contribution is -2.25. The number of aliphatic carboxylic acids is 1. The van der Waals surface area contributed by atoms with Gasteiger partial charge in [0.1, 0.15) is 22.8 Å². The molecule has 1 unspecified atom stereocenters. The van der Waals surface area contributed by atoms with E-state index in [2.05, 4.69) is 21.0 Å². The van der Waals surface area contributed by atoms with E-state index < -0.39 is 23.0 Å². The van der Waals surface area contributed by atoms with Crippen molar-refractivity contribution in [2.45, 2.75) is 38.5 Å². The van der Waals surface area contributed by atoms with Gasteiger partial charge < -0.3 is 19.8 Å². The Morgan fingerprint density at radius 2 is 1.95 bits per heavy atom. The highest BCUT2D eigenvalue weighted by Gasteiger charge is 2.36. The minimum atomic E-state index is -1.15. The number of nitriles is 1. The van der Waals surface area contributed by atoms with Crippen molar-refractivity contribution in [2.24, 2.45) is 0 Å². The van der Waals surface area contributed by atoms with Crippen molar-refractivity contribution in [1.82, 2.24) is 15.0 Å². The summed E-state index contributed by atoms with van der Waals surface area (Å²) in [6.07, 6.45) is 3.97. The summed E-state index contributed by atoms with van der Waals surface area (Å²) in [5.41, 5.74) is 2.06. The van der Waals surface area contributed by atoms with Crippen molar-refractivity contribution in [1.29, 1.82) is 5.26 Å². The smallest absolute Gasteiger partial charge is 0.303 e. The molecule has 2 heterocycles. The monoisotopic (exact) mass is 540 g/mol. The normalized spacial score (nSPS) is 12.7. The molecule has 2 aromatic heterocycles. The molecular weight excluding hydrogens is 514 g/mol. The van der Waals surface area contributed by atoms with Gasteiger partial charge in [0.15, 0.2) is 11.6 Å². The van der Waals surface area contributed by atoms with Gasteiger partial charge in [0.25, 0.3) is 0 Å². The van der Waals surface area contributed by atoms with Crippen molar-refractivity contribution in [3.63, 3.8) is 0 Å². The van der Waals surface area contributed by atoms with E-state index in [9.17, 15) is 14.4 Å². The number of H-pyrrole nitrogens is 2. The van der Waals surface area contributed by atoms with Crippen molar-refractivity contribution in [2.75, 3.05) is 0 Å². The van der Waals surface area contributed by atoms with E-state index in [1.165, 1.54) is 24.3 Å². The second kappa shape index (κ2) is 10.7. The lowest BCUT2D eigenvalue weighted by Gasteiger charge is -2.24. The van der Waals surface area contributed by atoms with Gasteiger partial charge in [-0.2, -0.15) is 5.26 Å². The van der Waals surface area contributed by atoms with Crippen LogP contribution in [0.15, 0.2) is 67.0 Å². The van der Waals surface area contributed by atoms with Gasteiger partial charge in [0.05, 0.1) is 17.3 Å². The van der Waals surface area contributed by atoms with Gasteiger partial charge in [-0.1, -0.05) is 31.2 Å². The number of ether oxygens (including phenoxy) is 1. The lowest BCUT2D eigenvalue weighted by molar-refractivity contribution is -0.136. The molecule has 3 N–H and O–H groups in total. The standard InChI is InChI=1S/C31H26F2N4O3/c1-3-31(17-34,20-6-4-5-19(13-20)7-10-28(38)39)27-16-36-30(37-27)23-14-21(8-9-24(23)32)40-29-18(2)22-11-12-35-26(22)15-25(29)33/h4-6,8-9,11-16,35H,3,7,10H2,1-2H3,(H,36,37)(H,38,39). The largest absolute Gasteiger partial charge is 0.481 e. The topological polar surface area (TPSA) is 115 Å². The number of hydrogen-bond donors (Lipinski definition) is 3. The maximum atomic E-state index is 15.0. The number of carbonyl (C=O) groups is 1. The van der Waals surface area contributed by atoms with Crippen molar-refractivity contribution in [3.05, 3.63) is 101 Å². The minimum Gasteiger partial charge on any atom is -0.481 e. The van der Waals surface area contributed by atoms with Gasteiger partial charge in [-0.3, -0.25) is 4.79 Å². The third kappa shape index (κ3) is 4.80. The number of fused-ring (bicyclic) bond motifs is 1. The fourth-order valence-corrected chi connectivity index (χ4v) is 4.97. The van der Waals surface area contributed by atoms with Crippen molar-refractivity contribution in [3.8, 4) is 29.0 Å². The van der Waals surface area contributed by atoms with E-state index >= 15 is 4.39 Å². The summed E-state index contributed by atoms with van der Waals surface area (Å²) in [6.45, 7) is 3.61. The average molecular weight is 541 g/mol. The fraction of sp³-hybridized carbons (Fsp3) is 0.194. The van der Waals surface area contributed by atoms with Gasteiger partial charge in [-0.05, 0) is 55.2 Å². The van der Waals surface area contributed by atoms with Gasteiger partial charge >= 0.3 is 5.97 Å². The van der Waals surface area contributed by atoms with Crippen LogP contribution in [0.1, 0.15) is 42.1 Å². The first-order valence-corrected chi connectivity index (χ1v) is 12.8. The number of halogens is 2. The molecule has 0 bridgehead atoms. The van der Waals surface area contributed by atoms with E-state index in [0.717, 1.165) is 10.9 Å². The molecule has 40 heavy (non-hydrogen) atoms. The zero-order valence-electron chi connectivity index (χ0n) is 21.9. The van der Waals surface area contributed by atoms with E-state index in [1.54, 1.807) is 31.5 Å². The third-order valence-electron chi connectivity index (χ3n) is 7.21. The highest BCUT2D eigenvalue weighted by molar-refractivity contribution is 5.85. The SMILES string of the molecule is CCC(C#N)(c1cccc(CCC(=O)O)c1)c1c[nH]c(-c2cc(Oc3c(F)cc4[nH]ccc4c3C)ccc2F)n1. The Balaban J connectivity index is 1.49. The summed E-state index contributed by atoms with van der Waals surface area (Å²) in [4.78, 5) is 21.6. The first-order valence-electron chi connectivity index (χ1n) is 12.8. The average Bonchev–Trinajstić information content (AvgIpc) is 3.63. The maximum absolute atomic E-state index is 15.0. The molecule has 1 atom stereocenters. The molecule has 0 aliphatic rings. The third-order valence-corrected chi connectivity index (χ3v) is 7.21. The minimum absolute atomic E-state index is 0.0259. The molecule has 0 aliphatic carbocycles. The number of aromatic nitrogens is 3. The molecule has 0 saturated heterocycles. The number of imidazole rings is 1. The number of carboxylic acids is 1.